The number of hydrogen-bond acceptors (Lipinski definition) is 5. The highest BCUT2D eigenvalue weighted by molar-refractivity contribution is 8.00. The van der Waals surface area contributed by atoms with Crippen molar-refractivity contribution in [3.63, 3.8) is 0 Å². The molecule has 0 radical (unpaired) electrons. The van der Waals surface area contributed by atoms with Crippen LogP contribution in [0.15, 0.2) is 64.4 Å². The molecule has 2 aromatic heterocycles. The van der Waals surface area contributed by atoms with Crippen LogP contribution in [-0.2, 0) is 4.79 Å². The van der Waals surface area contributed by atoms with Gasteiger partial charge in [0.05, 0.1) is 16.3 Å². The Bertz CT molecular complexity index is 963. The molecule has 5 nitrogen and oxygen atoms in total. The first-order valence-electron chi connectivity index (χ1n) is 7.72. The number of carbonyl (C=O) groups excluding carboxylic acids is 1. The van der Waals surface area contributed by atoms with E-state index in [2.05, 4.69) is 16.9 Å². The number of benzene rings is 1. The van der Waals surface area contributed by atoms with Crippen LogP contribution in [0.2, 0.25) is 0 Å². The van der Waals surface area contributed by atoms with Gasteiger partial charge in [-0.25, -0.2) is 4.98 Å². The van der Waals surface area contributed by atoms with Crippen molar-refractivity contribution in [2.24, 2.45) is 0 Å². The summed E-state index contributed by atoms with van der Waals surface area (Å²) in [4.78, 5) is 30.4. The highest BCUT2D eigenvalue weighted by Crippen LogP contribution is 2.26. The van der Waals surface area contributed by atoms with Gasteiger partial charge < -0.3 is 5.32 Å². The van der Waals surface area contributed by atoms with Crippen LogP contribution in [0.5, 0.6) is 0 Å². The predicted octanol–water partition coefficient (Wildman–Crippen LogP) is 3.23. The van der Waals surface area contributed by atoms with Gasteiger partial charge in [-0.05, 0) is 30.5 Å². The van der Waals surface area contributed by atoms with E-state index in [1.54, 1.807) is 23.6 Å². The topological polar surface area (TPSA) is 64.0 Å². The fourth-order valence-electron chi connectivity index (χ4n) is 2.31. The normalized spacial score (nSPS) is 12.0. The Morgan fingerprint density at radius 3 is 2.88 bits per heavy atom. The standard InChI is InChI=1S/C18H17N3O2S2/c1-3-10-19-15(22)12(2)25-18-20-16-14(9-11-24-16)17(23)21(18)13-7-5-4-6-8-13/h3-9,11-12H,1,10H2,2H3,(H,19,22)/t12-/m0/s1. The molecule has 128 valence electrons. The number of hydrogen-bond donors (Lipinski definition) is 1. The van der Waals surface area contributed by atoms with E-state index in [4.69, 9.17) is 0 Å². The van der Waals surface area contributed by atoms with Crippen LogP contribution < -0.4 is 10.9 Å². The van der Waals surface area contributed by atoms with Crippen molar-refractivity contribution < 1.29 is 4.79 Å². The molecule has 1 atom stereocenters. The zero-order chi connectivity index (χ0) is 17.8. The highest BCUT2D eigenvalue weighted by Gasteiger charge is 2.20. The lowest BCUT2D eigenvalue weighted by atomic mass is 10.3. The third-order valence-electron chi connectivity index (χ3n) is 3.55. The molecule has 1 N–H and O–H groups in total. The summed E-state index contributed by atoms with van der Waals surface area (Å²) in [7, 11) is 0. The number of aromatic nitrogens is 2. The molecule has 0 saturated heterocycles. The Balaban J connectivity index is 2.06. The van der Waals surface area contributed by atoms with E-state index in [0.717, 1.165) is 5.69 Å². The summed E-state index contributed by atoms with van der Waals surface area (Å²) >= 11 is 2.69. The number of para-hydroxylation sites is 1. The van der Waals surface area contributed by atoms with Gasteiger partial charge >= 0.3 is 0 Å². The number of rotatable bonds is 6. The van der Waals surface area contributed by atoms with Crippen LogP contribution in [0.4, 0.5) is 0 Å². The summed E-state index contributed by atoms with van der Waals surface area (Å²) in [6.07, 6.45) is 1.63. The Hall–Kier alpha value is -2.38. The Morgan fingerprint density at radius 1 is 1.40 bits per heavy atom. The van der Waals surface area contributed by atoms with Crippen LogP contribution in [0.25, 0.3) is 15.9 Å². The third-order valence-corrected chi connectivity index (χ3v) is 5.41. The van der Waals surface area contributed by atoms with Crippen molar-refractivity contribution in [1.29, 1.82) is 0 Å². The molecule has 0 aliphatic rings. The number of nitrogens with one attached hydrogen (secondary N) is 1. The van der Waals surface area contributed by atoms with Gasteiger partial charge in [-0.15, -0.1) is 17.9 Å². The van der Waals surface area contributed by atoms with Crippen molar-refractivity contribution in [2.45, 2.75) is 17.3 Å². The molecule has 0 aliphatic heterocycles. The quantitative estimate of drug-likeness (QED) is 0.410. The van der Waals surface area contributed by atoms with E-state index in [1.165, 1.54) is 23.1 Å². The second-order valence-electron chi connectivity index (χ2n) is 5.30. The van der Waals surface area contributed by atoms with Gasteiger partial charge in [0, 0.05) is 6.54 Å². The maximum absolute atomic E-state index is 12.9. The SMILES string of the molecule is C=CCNC(=O)[C@H](C)Sc1nc2sccc2c(=O)n1-c1ccccc1. The van der Waals surface area contributed by atoms with Gasteiger partial charge in [0.2, 0.25) is 5.91 Å². The maximum atomic E-state index is 12.9. The summed E-state index contributed by atoms with van der Waals surface area (Å²) in [5, 5.41) is 5.32. The minimum Gasteiger partial charge on any atom is -0.352 e. The van der Waals surface area contributed by atoms with E-state index in [9.17, 15) is 9.59 Å². The van der Waals surface area contributed by atoms with Gasteiger partial charge in [0.1, 0.15) is 4.83 Å². The maximum Gasteiger partial charge on any atom is 0.267 e. The van der Waals surface area contributed by atoms with Gasteiger partial charge in [-0.2, -0.15) is 0 Å². The van der Waals surface area contributed by atoms with Crippen LogP contribution in [0.3, 0.4) is 0 Å². The van der Waals surface area contributed by atoms with E-state index in [0.29, 0.717) is 21.9 Å². The van der Waals surface area contributed by atoms with Crippen LogP contribution >= 0.6 is 23.1 Å². The molecule has 3 aromatic rings. The number of thiophene rings is 1. The van der Waals surface area contributed by atoms with Gasteiger partial charge in [0.15, 0.2) is 5.16 Å². The molecule has 25 heavy (non-hydrogen) atoms. The Kier molecular flexibility index (Phi) is 5.35. The highest BCUT2D eigenvalue weighted by atomic mass is 32.2. The molecule has 0 spiro atoms. The van der Waals surface area contributed by atoms with Crippen molar-refractivity contribution in [2.75, 3.05) is 6.54 Å². The Morgan fingerprint density at radius 2 is 2.16 bits per heavy atom. The summed E-state index contributed by atoms with van der Waals surface area (Å²) in [6.45, 7) is 5.80. The van der Waals surface area contributed by atoms with Gasteiger partial charge in [-0.1, -0.05) is 36.0 Å². The lowest BCUT2D eigenvalue weighted by molar-refractivity contribution is -0.120. The molecule has 0 bridgehead atoms. The number of nitrogens with zero attached hydrogens (tertiary/aromatic N) is 2. The molecular formula is C18H17N3O2S2. The summed E-state index contributed by atoms with van der Waals surface area (Å²) in [6, 6.07) is 11.1. The fraction of sp³-hybridized carbons (Fsp3) is 0.167. The van der Waals surface area contributed by atoms with E-state index >= 15 is 0 Å². The van der Waals surface area contributed by atoms with E-state index < -0.39 is 0 Å². The predicted molar refractivity (Wildman–Crippen MR) is 104 cm³/mol. The van der Waals surface area contributed by atoms with Crippen LogP contribution in [0.1, 0.15) is 6.92 Å². The monoisotopic (exact) mass is 371 g/mol. The molecule has 0 saturated carbocycles. The van der Waals surface area contributed by atoms with Crippen molar-refractivity contribution in [3.8, 4) is 5.69 Å². The first kappa shape index (κ1) is 17.4. The average molecular weight is 371 g/mol. The van der Waals surface area contributed by atoms with Crippen LogP contribution in [0, 0.1) is 0 Å². The average Bonchev–Trinajstić information content (AvgIpc) is 3.09. The summed E-state index contributed by atoms with van der Waals surface area (Å²) in [5.41, 5.74) is 0.605. The van der Waals surface area contributed by atoms with E-state index in [1.807, 2.05) is 35.7 Å². The molecule has 1 aromatic carbocycles. The molecule has 7 heteroatoms. The molecule has 0 unspecified atom stereocenters. The van der Waals surface area contributed by atoms with Gasteiger partial charge in [0.25, 0.3) is 5.56 Å². The number of fused-ring (bicyclic) bond motifs is 1. The Labute approximate surface area is 153 Å². The second kappa shape index (κ2) is 7.67. The molecule has 1 amide bonds. The molecule has 0 fully saturated rings. The molecule has 2 heterocycles. The number of thioether (sulfide) groups is 1. The van der Waals surface area contributed by atoms with Crippen LogP contribution in [-0.4, -0.2) is 27.3 Å². The molecule has 0 aliphatic carbocycles. The van der Waals surface area contributed by atoms with Crippen molar-refractivity contribution >= 4 is 39.2 Å². The lowest BCUT2D eigenvalue weighted by Gasteiger charge is -2.15. The molecule has 3 rings (SSSR count). The number of amides is 1. The minimum atomic E-state index is -0.390. The first-order chi connectivity index (χ1) is 12.1. The largest absolute Gasteiger partial charge is 0.352 e. The van der Waals surface area contributed by atoms with E-state index in [-0.39, 0.29) is 16.7 Å². The zero-order valence-corrected chi connectivity index (χ0v) is 15.3. The minimum absolute atomic E-state index is 0.120. The third kappa shape index (κ3) is 3.67. The van der Waals surface area contributed by atoms with Gasteiger partial charge in [-0.3, -0.25) is 14.2 Å². The second-order valence-corrected chi connectivity index (χ2v) is 7.51. The summed E-state index contributed by atoms with van der Waals surface area (Å²) in [5.74, 6) is -0.120. The van der Waals surface area contributed by atoms with Crippen molar-refractivity contribution in [3.05, 3.63) is 64.8 Å². The fourth-order valence-corrected chi connectivity index (χ4v) is 4.06. The first-order valence-corrected chi connectivity index (χ1v) is 9.48. The summed E-state index contributed by atoms with van der Waals surface area (Å²) < 4.78 is 1.57. The smallest absolute Gasteiger partial charge is 0.267 e. The lowest BCUT2D eigenvalue weighted by Crippen LogP contribution is -2.31. The zero-order valence-electron chi connectivity index (χ0n) is 13.6. The van der Waals surface area contributed by atoms with Crippen molar-refractivity contribution in [1.82, 2.24) is 14.9 Å². The molecular weight excluding hydrogens is 354 g/mol. The number of carbonyl (C=O) groups is 1.